The van der Waals surface area contributed by atoms with Crippen molar-refractivity contribution in [1.82, 2.24) is 30.1 Å². The monoisotopic (exact) mass is 396 g/mol. The SMILES string of the molecule is Cc1c(C(=O)N2CCN(Cc3ccccc3)C(C)(C)C2)nnn1C1CCNCC1. The van der Waals surface area contributed by atoms with E-state index >= 15 is 0 Å². The minimum absolute atomic E-state index is 0.00937. The van der Waals surface area contributed by atoms with Crippen molar-refractivity contribution in [2.24, 2.45) is 0 Å². The first-order valence-corrected chi connectivity index (χ1v) is 10.7. The number of piperidine rings is 1. The number of rotatable bonds is 4. The lowest BCUT2D eigenvalue weighted by atomic mass is 9.97. The van der Waals surface area contributed by atoms with Gasteiger partial charge in [-0.2, -0.15) is 0 Å². The minimum Gasteiger partial charge on any atom is -0.334 e. The Hall–Kier alpha value is -2.25. The molecule has 7 nitrogen and oxygen atoms in total. The number of nitrogens with one attached hydrogen (secondary N) is 1. The predicted molar refractivity (Wildman–Crippen MR) is 113 cm³/mol. The van der Waals surface area contributed by atoms with E-state index in [4.69, 9.17) is 0 Å². The van der Waals surface area contributed by atoms with Gasteiger partial charge in [0.15, 0.2) is 5.69 Å². The average molecular weight is 397 g/mol. The second-order valence-electron chi connectivity index (χ2n) is 8.90. The number of aromatic nitrogens is 3. The van der Waals surface area contributed by atoms with Crippen molar-refractivity contribution in [3.8, 4) is 0 Å². The Morgan fingerprint density at radius 2 is 1.90 bits per heavy atom. The van der Waals surface area contributed by atoms with Crippen LogP contribution in [0.4, 0.5) is 0 Å². The molecule has 156 valence electrons. The van der Waals surface area contributed by atoms with Crippen molar-refractivity contribution in [1.29, 1.82) is 0 Å². The Labute approximate surface area is 173 Å². The van der Waals surface area contributed by atoms with Gasteiger partial charge in [-0.15, -0.1) is 5.10 Å². The molecule has 0 atom stereocenters. The zero-order valence-electron chi connectivity index (χ0n) is 17.8. The van der Waals surface area contributed by atoms with Crippen LogP contribution in [0.25, 0.3) is 0 Å². The van der Waals surface area contributed by atoms with E-state index in [2.05, 4.69) is 58.6 Å². The fourth-order valence-corrected chi connectivity index (χ4v) is 4.55. The highest BCUT2D eigenvalue weighted by molar-refractivity contribution is 5.93. The van der Waals surface area contributed by atoms with Crippen LogP contribution >= 0.6 is 0 Å². The summed E-state index contributed by atoms with van der Waals surface area (Å²) in [6, 6.07) is 10.9. The van der Waals surface area contributed by atoms with E-state index in [9.17, 15) is 4.79 Å². The zero-order chi connectivity index (χ0) is 20.4. The first-order chi connectivity index (χ1) is 14.0. The van der Waals surface area contributed by atoms with Crippen molar-refractivity contribution in [2.45, 2.75) is 51.7 Å². The van der Waals surface area contributed by atoms with Crippen LogP contribution in [-0.4, -0.2) is 69.0 Å². The molecule has 2 saturated heterocycles. The number of carbonyl (C=O) groups is 1. The van der Waals surface area contributed by atoms with Crippen LogP contribution in [0.5, 0.6) is 0 Å². The molecule has 2 fully saturated rings. The van der Waals surface area contributed by atoms with Gasteiger partial charge < -0.3 is 10.2 Å². The standard InChI is InChI=1S/C22H32N6O/c1-17-20(24-25-28(17)19-9-11-23-12-10-19)21(29)26-13-14-27(22(2,3)16-26)15-18-7-5-4-6-8-18/h4-8,19,23H,9-16H2,1-3H3. The van der Waals surface area contributed by atoms with Gasteiger partial charge in [0.2, 0.25) is 0 Å². The van der Waals surface area contributed by atoms with Crippen LogP contribution < -0.4 is 5.32 Å². The number of hydrogen-bond donors (Lipinski definition) is 1. The molecule has 1 N–H and O–H groups in total. The summed E-state index contributed by atoms with van der Waals surface area (Å²) in [6.07, 6.45) is 2.06. The van der Waals surface area contributed by atoms with Gasteiger partial charge in [0, 0.05) is 31.7 Å². The van der Waals surface area contributed by atoms with Crippen molar-refractivity contribution in [3.05, 3.63) is 47.3 Å². The summed E-state index contributed by atoms with van der Waals surface area (Å²) in [5, 5.41) is 12.0. The third-order valence-corrected chi connectivity index (χ3v) is 6.36. The molecule has 0 saturated carbocycles. The second kappa shape index (κ2) is 8.24. The molecule has 0 aliphatic carbocycles. The molecule has 0 unspecified atom stereocenters. The molecule has 2 aromatic rings. The van der Waals surface area contributed by atoms with E-state index in [0.717, 1.165) is 51.3 Å². The molecule has 29 heavy (non-hydrogen) atoms. The summed E-state index contributed by atoms with van der Waals surface area (Å²) >= 11 is 0. The maximum absolute atomic E-state index is 13.2. The van der Waals surface area contributed by atoms with Gasteiger partial charge in [-0.3, -0.25) is 9.69 Å². The fourth-order valence-electron chi connectivity index (χ4n) is 4.55. The number of hydrogen-bond acceptors (Lipinski definition) is 5. The highest BCUT2D eigenvalue weighted by atomic mass is 16.2. The van der Waals surface area contributed by atoms with Crippen LogP contribution in [0, 0.1) is 6.92 Å². The van der Waals surface area contributed by atoms with E-state index in [1.165, 1.54) is 5.56 Å². The fraction of sp³-hybridized carbons (Fsp3) is 0.591. The largest absolute Gasteiger partial charge is 0.334 e. The lowest BCUT2D eigenvalue weighted by molar-refractivity contribution is 0.0135. The molecule has 3 heterocycles. The third-order valence-electron chi connectivity index (χ3n) is 6.36. The van der Waals surface area contributed by atoms with E-state index in [-0.39, 0.29) is 11.4 Å². The van der Waals surface area contributed by atoms with Gasteiger partial charge in [0.1, 0.15) is 0 Å². The molecular weight excluding hydrogens is 364 g/mol. The summed E-state index contributed by atoms with van der Waals surface area (Å²) in [6.45, 7) is 11.6. The summed E-state index contributed by atoms with van der Waals surface area (Å²) < 4.78 is 1.96. The van der Waals surface area contributed by atoms with Crippen LogP contribution in [-0.2, 0) is 6.54 Å². The van der Waals surface area contributed by atoms with Gasteiger partial charge >= 0.3 is 0 Å². The Morgan fingerprint density at radius 3 is 2.59 bits per heavy atom. The molecule has 0 radical (unpaired) electrons. The molecule has 4 rings (SSSR count). The number of amides is 1. The first-order valence-electron chi connectivity index (χ1n) is 10.7. The molecule has 0 bridgehead atoms. The summed E-state index contributed by atoms with van der Waals surface area (Å²) in [7, 11) is 0. The second-order valence-corrected chi connectivity index (χ2v) is 8.90. The molecule has 2 aliphatic rings. The maximum Gasteiger partial charge on any atom is 0.276 e. The van der Waals surface area contributed by atoms with Crippen LogP contribution in [0.1, 0.15) is 54.5 Å². The highest BCUT2D eigenvalue weighted by Gasteiger charge is 2.37. The molecule has 2 aliphatic heterocycles. The van der Waals surface area contributed by atoms with E-state index in [1.54, 1.807) is 0 Å². The topological polar surface area (TPSA) is 66.3 Å². The first kappa shape index (κ1) is 20.0. The summed E-state index contributed by atoms with van der Waals surface area (Å²) in [4.78, 5) is 17.7. The lowest BCUT2D eigenvalue weighted by Crippen LogP contribution is -2.60. The number of benzene rings is 1. The highest BCUT2D eigenvalue weighted by Crippen LogP contribution is 2.26. The van der Waals surface area contributed by atoms with Gasteiger partial charge in [-0.05, 0) is 52.3 Å². The minimum atomic E-state index is -0.0946. The van der Waals surface area contributed by atoms with Crippen molar-refractivity contribution >= 4 is 5.91 Å². The van der Waals surface area contributed by atoms with E-state index in [1.807, 2.05) is 22.6 Å². The van der Waals surface area contributed by atoms with Gasteiger partial charge in [0.05, 0.1) is 11.7 Å². The Kier molecular flexibility index (Phi) is 5.69. The zero-order valence-corrected chi connectivity index (χ0v) is 17.8. The normalized spacial score (nSPS) is 20.7. The van der Waals surface area contributed by atoms with Crippen molar-refractivity contribution in [3.63, 3.8) is 0 Å². The van der Waals surface area contributed by atoms with E-state index < -0.39 is 0 Å². The quantitative estimate of drug-likeness (QED) is 0.859. The van der Waals surface area contributed by atoms with Crippen LogP contribution in [0.3, 0.4) is 0 Å². The Morgan fingerprint density at radius 1 is 1.17 bits per heavy atom. The van der Waals surface area contributed by atoms with Crippen molar-refractivity contribution < 1.29 is 4.79 Å². The molecule has 1 aromatic carbocycles. The lowest BCUT2D eigenvalue weighted by Gasteiger charge is -2.47. The molecule has 7 heteroatoms. The van der Waals surface area contributed by atoms with Gasteiger partial charge in [-0.1, -0.05) is 35.5 Å². The van der Waals surface area contributed by atoms with Gasteiger partial charge in [0.25, 0.3) is 5.91 Å². The summed E-state index contributed by atoms with van der Waals surface area (Å²) in [5.41, 5.74) is 2.62. The van der Waals surface area contributed by atoms with Crippen LogP contribution in [0.15, 0.2) is 30.3 Å². The molecule has 1 aromatic heterocycles. The Balaban J connectivity index is 1.44. The molecular formula is C22H32N6O. The maximum atomic E-state index is 13.2. The number of nitrogens with zero attached hydrogens (tertiary/aromatic N) is 5. The van der Waals surface area contributed by atoms with Gasteiger partial charge in [-0.25, -0.2) is 4.68 Å². The van der Waals surface area contributed by atoms with Crippen LogP contribution in [0.2, 0.25) is 0 Å². The third kappa shape index (κ3) is 4.21. The Bertz CT molecular complexity index is 840. The van der Waals surface area contributed by atoms with Crippen molar-refractivity contribution in [2.75, 3.05) is 32.7 Å². The molecule has 1 amide bonds. The summed E-state index contributed by atoms with van der Waals surface area (Å²) in [5.74, 6) is 0.00937. The smallest absolute Gasteiger partial charge is 0.276 e. The van der Waals surface area contributed by atoms with E-state index in [0.29, 0.717) is 18.3 Å². The number of carbonyl (C=O) groups excluding carboxylic acids is 1. The molecule has 0 spiro atoms. The number of piperazine rings is 1. The average Bonchev–Trinajstić information content (AvgIpc) is 3.11. The predicted octanol–water partition coefficient (Wildman–Crippen LogP) is 2.25.